The van der Waals surface area contributed by atoms with Crippen LogP contribution in [-0.2, 0) is 0 Å². The normalized spacial score (nSPS) is 21.3. The smallest absolute Gasteiger partial charge is 0.0591 e. The summed E-state index contributed by atoms with van der Waals surface area (Å²) in [6, 6.07) is 22.1. The Balaban J connectivity index is 1.66. The Morgan fingerprint density at radius 3 is 2.08 bits per heavy atom. The second-order valence-corrected chi connectivity index (χ2v) is 11.3. The molecule has 1 fully saturated rings. The van der Waals surface area contributed by atoms with Crippen LogP contribution >= 0.6 is 23.2 Å². The Labute approximate surface area is 163 Å². The minimum Gasteiger partial charge on any atom is -0.0913 e. The van der Waals surface area contributed by atoms with Gasteiger partial charge in [0.05, 0.1) is 5.03 Å². The van der Waals surface area contributed by atoms with Crippen molar-refractivity contribution < 1.29 is 0 Å². The number of rotatable bonds is 5. The van der Waals surface area contributed by atoms with E-state index in [1.807, 2.05) is 12.1 Å². The predicted molar refractivity (Wildman–Crippen MR) is 115 cm³/mol. The largest absolute Gasteiger partial charge is 0.0913 e. The summed E-state index contributed by atoms with van der Waals surface area (Å²) >= 11 is 11.7. The molecule has 0 bridgehead atoms. The molecule has 0 amide bonds. The van der Waals surface area contributed by atoms with Crippen LogP contribution in [0.15, 0.2) is 54.1 Å². The van der Waals surface area contributed by atoms with Crippen molar-refractivity contribution in [2.24, 2.45) is 0 Å². The van der Waals surface area contributed by atoms with Crippen molar-refractivity contribution in [2.75, 3.05) is 0 Å². The van der Waals surface area contributed by atoms with Crippen LogP contribution in [0.4, 0.5) is 0 Å². The Hall–Kier alpha value is -1.02. The molecule has 2 aromatic carbocycles. The van der Waals surface area contributed by atoms with Crippen LogP contribution in [0.3, 0.4) is 0 Å². The molecule has 0 aromatic heterocycles. The van der Waals surface area contributed by atoms with E-state index in [-0.39, 0.29) is 8.80 Å². The Kier molecular flexibility index (Phi) is 6.81. The monoisotopic (exact) mass is 388 g/mol. The van der Waals surface area contributed by atoms with E-state index in [0.717, 1.165) is 11.5 Å². The summed E-state index contributed by atoms with van der Waals surface area (Å²) in [5.41, 5.74) is 6.36. The summed E-state index contributed by atoms with van der Waals surface area (Å²) in [6.45, 7) is 2.34. The van der Waals surface area contributed by atoms with Gasteiger partial charge in [0.15, 0.2) is 0 Å². The lowest BCUT2D eigenvalue weighted by molar-refractivity contribution is 0.606. The van der Waals surface area contributed by atoms with Crippen LogP contribution in [0.25, 0.3) is 16.2 Å². The fourth-order valence-corrected chi connectivity index (χ4v) is 7.71. The van der Waals surface area contributed by atoms with Gasteiger partial charge in [-0.2, -0.15) is 0 Å². The fourth-order valence-electron chi connectivity index (χ4n) is 4.03. The van der Waals surface area contributed by atoms with Gasteiger partial charge in [0.1, 0.15) is 0 Å². The molecule has 0 spiro atoms. The minimum atomic E-state index is -0.388. The predicted octanol–water partition coefficient (Wildman–Crippen LogP) is 7.64. The van der Waals surface area contributed by atoms with Crippen molar-refractivity contribution >= 4 is 37.0 Å². The van der Waals surface area contributed by atoms with Gasteiger partial charge in [-0.15, -0.1) is 0 Å². The third-order valence-corrected chi connectivity index (χ3v) is 9.87. The van der Waals surface area contributed by atoms with E-state index in [1.165, 1.54) is 53.6 Å². The SMILES string of the molecule is CCC[SiH]1CCC(c2ccc(-c3ccc(/C(Cl)=C/Cl)cc3)cc2)CC1. The number of hydrogen-bond acceptors (Lipinski definition) is 0. The van der Waals surface area contributed by atoms with E-state index in [4.69, 9.17) is 23.2 Å². The molecule has 25 heavy (non-hydrogen) atoms. The molecule has 0 N–H and O–H groups in total. The van der Waals surface area contributed by atoms with E-state index >= 15 is 0 Å². The fraction of sp³-hybridized carbons (Fsp3) is 0.364. The molecule has 0 aliphatic carbocycles. The molecule has 0 radical (unpaired) electrons. The van der Waals surface area contributed by atoms with Gasteiger partial charge >= 0.3 is 0 Å². The molecule has 132 valence electrons. The number of hydrogen-bond donors (Lipinski definition) is 0. The summed E-state index contributed by atoms with van der Waals surface area (Å²) < 4.78 is 0. The summed E-state index contributed by atoms with van der Waals surface area (Å²) in [5.74, 6) is 0.782. The third-order valence-electron chi connectivity index (χ3n) is 5.52. The van der Waals surface area contributed by atoms with Gasteiger partial charge < -0.3 is 0 Å². The lowest BCUT2D eigenvalue weighted by atomic mass is 9.92. The van der Waals surface area contributed by atoms with Crippen molar-refractivity contribution in [3.63, 3.8) is 0 Å². The van der Waals surface area contributed by atoms with Crippen molar-refractivity contribution in [1.29, 1.82) is 0 Å². The van der Waals surface area contributed by atoms with E-state index in [9.17, 15) is 0 Å². The second kappa shape index (κ2) is 9.07. The number of benzene rings is 2. The van der Waals surface area contributed by atoms with Crippen molar-refractivity contribution in [3.8, 4) is 11.1 Å². The molecule has 3 heteroatoms. The average Bonchev–Trinajstić information content (AvgIpc) is 2.68. The topological polar surface area (TPSA) is 0 Å². The maximum atomic E-state index is 6.06. The highest BCUT2D eigenvalue weighted by atomic mass is 35.5. The van der Waals surface area contributed by atoms with Crippen LogP contribution in [0.5, 0.6) is 0 Å². The molecular formula is C22H26Cl2Si. The first-order valence-corrected chi connectivity index (χ1v) is 12.6. The van der Waals surface area contributed by atoms with Crippen molar-refractivity contribution in [3.05, 3.63) is 65.2 Å². The van der Waals surface area contributed by atoms with E-state index in [1.54, 1.807) is 6.04 Å². The Morgan fingerprint density at radius 2 is 1.56 bits per heavy atom. The van der Waals surface area contributed by atoms with Gasteiger partial charge in [-0.05, 0) is 41.0 Å². The molecule has 0 unspecified atom stereocenters. The third kappa shape index (κ3) is 4.78. The quantitative estimate of drug-likeness (QED) is 0.461. The van der Waals surface area contributed by atoms with Crippen LogP contribution in [0.2, 0.25) is 18.1 Å². The standard InChI is InChI=1S/C22H26Cl2Si/c1-2-13-25-14-11-20(12-15-25)19-5-3-17(4-6-19)18-7-9-21(10-8-18)22(24)16-23/h3-10,16,20,25H,2,11-15H2,1H3/b22-16-. The molecule has 0 nitrogen and oxygen atoms in total. The highest BCUT2D eigenvalue weighted by Gasteiger charge is 2.22. The van der Waals surface area contributed by atoms with Gasteiger partial charge in [0.25, 0.3) is 0 Å². The van der Waals surface area contributed by atoms with Crippen molar-refractivity contribution in [1.82, 2.24) is 0 Å². The highest BCUT2D eigenvalue weighted by Crippen LogP contribution is 2.35. The molecule has 0 atom stereocenters. The first kappa shape index (κ1) is 18.8. The van der Waals surface area contributed by atoms with Crippen LogP contribution in [0, 0.1) is 0 Å². The molecule has 1 aliphatic heterocycles. The molecule has 0 saturated carbocycles. The Morgan fingerprint density at radius 1 is 1.00 bits per heavy atom. The zero-order valence-electron chi connectivity index (χ0n) is 14.8. The highest BCUT2D eigenvalue weighted by molar-refractivity contribution is 6.59. The lowest BCUT2D eigenvalue weighted by Crippen LogP contribution is -2.19. The minimum absolute atomic E-state index is 0.388. The van der Waals surface area contributed by atoms with Gasteiger partial charge in [-0.25, -0.2) is 0 Å². The average molecular weight is 389 g/mol. The lowest BCUT2D eigenvalue weighted by Gasteiger charge is -2.27. The molecule has 1 heterocycles. The van der Waals surface area contributed by atoms with Gasteiger partial charge in [-0.1, -0.05) is 103 Å². The number of halogens is 2. The maximum absolute atomic E-state index is 6.06. The summed E-state index contributed by atoms with van der Waals surface area (Å²) in [6.07, 6.45) is 4.21. The van der Waals surface area contributed by atoms with Crippen LogP contribution in [0.1, 0.15) is 43.2 Å². The van der Waals surface area contributed by atoms with E-state index in [0.29, 0.717) is 5.03 Å². The zero-order valence-corrected chi connectivity index (χ0v) is 17.5. The maximum Gasteiger partial charge on any atom is 0.0591 e. The summed E-state index contributed by atoms with van der Waals surface area (Å²) in [4.78, 5) is 0. The zero-order chi connectivity index (χ0) is 17.6. The van der Waals surface area contributed by atoms with Gasteiger partial charge in [-0.3, -0.25) is 0 Å². The van der Waals surface area contributed by atoms with E-state index < -0.39 is 0 Å². The summed E-state index contributed by atoms with van der Waals surface area (Å²) in [7, 11) is -0.388. The van der Waals surface area contributed by atoms with Gasteiger partial charge in [0.2, 0.25) is 0 Å². The molecule has 1 aliphatic rings. The molecule has 3 rings (SSSR count). The summed E-state index contributed by atoms with van der Waals surface area (Å²) in [5, 5.41) is 0.575. The molecular weight excluding hydrogens is 363 g/mol. The first-order chi connectivity index (χ1) is 12.2. The molecule has 2 aromatic rings. The van der Waals surface area contributed by atoms with Crippen LogP contribution < -0.4 is 0 Å². The van der Waals surface area contributed by atoms with Crippen LogP contribution in [-0.4, -0.2) is 8.80 Å². The Bertz CT molecular complexity index is 696. The van der Waals surface area contributed by atoms with Gasteiger partial charge in [0, 0.05) is 14.3 Å². The van der Waals surface area contributed by atoms with Crippen molar-refractivity contribution in [2.45, 2.75) is 50.2 Å². The second-order valence-electron chi connectivity index (χ2n) is 7.16. The molecule has 1 saturated heterocycles. The van der Waals surface area contributed by atoms with E-state index in [2.05, 4.69) is 43.3 Å². The first-order valence-electron chi connectivity index (χ1n) is 9.38.